The third-order valence-corrected chi connectivity index (χ3v) is 4.91. The van der Waals surface area contributed by atoms with Gasteiger partial charge in [-0.2, -0.15) is 13.2 Å². The number of hydrogen-bond acceptors (Lipinski definition) is 4. The minimum atomic E-state index is -4.44. The molecule has 1 aromatic rings. The van der Waals surface area contributed by atoms with Crippen LogP contribution in [0.15, 0.2) is 15.9 Å². The number of carbonyl (C=O) groups excluding carboxylic acids is 2. The van der Waals surface area contributed by atoms with Crippen LogP contribution in [0, 0.1) is 0 Å². The molecule has 1 aromatic heterocycles. The first-order chi connectivity index (χ1) is 10.1. The lowest BCUT2D eigenvalue weighted by Crippen LogP contribution is -2.40. The van der Waals surface area contributed by atoms with Crippen molar-refractivity contribution in [2.24, 2.45) is 0 Å². The number of nitrogens with zero attached hydrogens (tertiary/aromatic N) is 1. The van der Waals surface area contributed by atoms with Crippen molar-refractivity contribution >= 4 is 39.2 Å². The van der Waals surface area contributed by atoms with Crippen LogP contribution in [0.3, 0.4) is 0 Å². The predicted molar refractivity (Wildman–Crippen MR) is 76.5 cm³/mol. The van der Waals surface area contributed by atoms with Crippen LogP contribution in [-0.4, -0.2) is 42.8 Å². The van der Waals surface area contributed by atoms with Crippen molar-refractivity contribution in [3.8, 4) is 0 Å². The molecular weight excluding hydrogens is 389 g/mol. The number of amides is 3. The van der Waals surface area contributed by atoms with E-state index in [0.717, 1.165) is 8.69 Å². The fourth-order valence-corrected chi connectivity index (χ4v) is 3.47. The summed E-state index contributed by atoms with van der Waals surface area (Å²) in [6.07, 6.45) is -4.44. The number of thiophene rings is 1. The van der Waals surface area contributed by atoms with Crippen LogP contribution in [-0.2, 0) is 15.1 Å². The Morgan fingerprint density at radius 2 is 2.09 bits per heavy atom. The molecule has 2 heterocycles. The van der Waals surface area contributed by atoms with Gasteiger partial charge in [0.25, 0.3) is 5.91 Å². The second-order valence-corrected chi connectivity index (χ2v) is 7.25. The van der Waals surface area contributed by atoms with Crippen molar-refractivity contribution < 1.29 is 27.5 Å². The van der Waals surface area contributed by atoms with E-state index in [9.17, 15) is 22.8 Å². The summed E-state index contributed by atoms with van der Waals surface area (Å²) in [5, 5.41) is 2.57. The Bertz CT molecular complexity index is 592. The molecule has 2 rings (SSSR count). The highest BCUT2D eigenvalue weighted by Gasteiger charge is 2.49. The summed E-state index contributed by atoms with van der Waals surface area (Å²) < 4.78 is 41.1. The monoisotopic (exact) mass is 400 g/mol. The van der Waals surface area contributed by atoms with Gasteiger partial charge >= 0.3 is 12.2 Å². The number of imide groups is 1. The summed E-state index contributed by atoms with van der Waals surface area (Å²) in [5.41, 5.74) is -1.21. The smallest absolute Gasteiger partial charge is 0.370 e. The molecule has 1 fully saturated rings. The van der Waals surface area contributed by atoms with E-state index >= 15 is 0 Å². The molecule has 10 heteroatoms. The Morgan fingerprint density at radius 1 is 1.41 bits per heavy atom. The Kier molecular flexibility index (Phi) is 4.83. The predicted octanol–water partition coefficient (Wildman–Crippen LogP) is 2.86. The van der Waals surface area contributed by atoms with E-state index in [2.05, 4.69) is 26.0 Å². The molecular formula is C12H12BrF3N2O3S. The van der Waals surface area contributed by atoms with Crippen molar-refractivity contribution in [2.45, 2.75) is 18.6 Å². The van der Waals surface area contributed by atoms with Crippen LogP contribution in [0.5, 0.6) is 0 Å². The molecule has 0 bridgehead atoms. The van der Waals surface area contributed by atoms with Gasteiger partial charge in [0.15, 0.2) is 5.54 Å². The number of carbonyl (C=O) groups is 2. The maximum absolute atomic E-state index is 12.4. The number of halogens is 4. The third-order valence-electron chi connectivity index (χ3n) is 3.07. The molecule has 1 aliphatic rings. The molecule has 0 aromatic carbocycles. The standard InChI is InChI=1S/C12H12BrF3N2O3S/c1-11(7-2-3-8(13)22-7)9(19)18(10(20)17-11)4-5-21-6-12(14,15)16/h2-3H,4-6H2,1H3,(H,17,20). The number of urea groups is 1. The van der Waals surface area contributed by atoms with Gasteiger partial charge in [0.2, 0.25) is 0 Å². The van der Waals surface area contributed by atoms with Gasteiger partial charge in [0.1, 0.15) is 6.61 Å². The number of hydrogen-bond donors (Lipinski definition) is 1. The van der Waals surface area contributed by atoms with Gasteiger partial charge in [0, 0.05) is 4.88 Å². The third kappa shape index (κ3) is 3.61. The van der Waals surface area contributed by atoms with Gasteiger partial charge in [-0.25, -0.2) is 4.79 Å². The lowest BCUT2D eigenvalue weighted by molar-refractivity contribution is -0.174. The van der Waals surface area contributed by atoms with Crippen molar-refractivity contribution in [2.75, 3.05) is 19.8 Å². The van der Waals surface area contributed by atoms with Gasteiger partial charge in [-0.15, -0.1) is 11.3 Å². The molecule has 0 radical (unpaired) electrons. The fraction of sp³-hybridized carbons (Fsp3) is 0.500. The van der Waals surface area contributed by atoms with E-state index < -0.39 is 30.3 Å². The molecule has 3 amide bonds. The van der Waals surface area contributed by atoms with Gasteiger partial charge in [-0.3, -0.25) is 9.69 Å². The Hall–Kier alpha value is -1.13. The van der Waals surface area contributed by atoms with E-state index in [1.54, 1.807) is 19.1 Å². The van der Waals surface area contributed by atoms with E-state index in [-0.39, 0.29) is 13.2 Å². The van der Waals surface area contributed by atoms with E-state index in [0.29, 0.717) is 4.88 Å². The number of alkyl halides is 3. The molecule has 1 unspecified atom stereocenters. The summed E-state index contributed by atoms with van der Waals surface area (Å²) in [6, 6.07) is 2.81. The molecule has 0 aliphatic carbocycles. The second kappa shape index (κ2) is 6.17. The fourth-order valence-electron chi connectivity index (χ4n) is 1.99. The average Bonchev–Trinajstić information content (AvgIpc) is 2.91. The second-order valence-electron chi connectivity index (χ2n) is 4.78. The summed E-state index contributed by atoms with van der Waals surface area (Å²) in [5.74, 6) is -0.512. The van der Waals surface area contributed by atoms with Gasteiger partial charge in [-0.05, 0) is 35.0 Å². The van der Waals surface area contributed by atoms with Crippen molar-refractivity contribution in [3.63, 3.8) is 0 Å². The van der Waals surface area contributed by atoms with Crippen LogP contribution in [0.25, 0.3) is 0 Å². The Labute approximate surface area is 136 Å². The van der Waals surface area contributed by atoms with E-state index in [4.69, 9.17) is 0 Å². The van der Waals surface area contributed by atoms with Gasteiger partial charge in [0.05, 0.1) is 16.9 Å². The Balaban J connectivity index is 2.00. The molecule has 22 heavy (non-hydrogen) atoms. The summed E-state index contributed by atoms with van der Waals surface area (Å²) in [6.45, 7) is -0.459. The van der Waals surface area contributed by atoms with Crippen molar-refractivity contribution in [3.05, 3.63) is 20.8 Å². The highest BCUT2D eigenvalue weighted by molar-refractivity contribution is 9.11. The topological polar surface area (TPSA) is 58.6 Å². The maximum atomic E-state index is 12.4. The highest BCUT2D eigenvalue weighted by atomic mass is 79.9. The van der Waals surface area contributed by atoms with Crippen LogP contribution in [0.2, 0.25) is 0 Å². The van der Waals surface area contributed by atoms with Crippen molar-refractivity contribution in [1.82, 2.24) is 10.2 Å². The maximum Gasteiger partial charge on any atom is 0.411 e. The minimum absolute atomic E-state index is 0.233. The zero-order valence-corrected chi connectivity index (χ0v) is 13.8. The SMILES string of the molecule is CC1(c2ccc(Br)s2)NC(=O)N(CCOCC(F)(F)F)C1=O. The number of ether oxygens (including phenoxy) is 1. The number of nitrogens with one attached hydrogen (secondary N) is 1. The Morgan fingerprint density at radius 3 is 2.64 bits per heavy atom. The lowest BCUT2D eigenvalue weighted by atomic mass is 10.0. The summed E-state index contributed by atoms with van der Waals surface area (Å²) in [7, 11) is 0. The van der Waals surface area contributed by atoms with E-state index in [1.807, 2.05) is 0 Å². The first-order valence-electron chi connectivity index (χ1n) is 6.18. The number of rotatable bonds is 5. The average molecular weight is 401 g/mol. The zero-order chi connectivity index (χ0) is 16.5. The molecule has 1 atom stereocenters. The first-order valence-corrected chi connectivity index (χ1v) is 7.79. The minimum Gasteiger partial charge on any atom is -0.370 e. The van der Waals surface area contributed by atoms with E-state index in [1.165, 1.54) is 11.3 Å². The lowest BCUT2D eigenvalue weighted by Gasteiger charge is -2.20. The summed E-state index contributed by atoms with van der Waals surface area (Å²) >= 11 is 4.58. The normalized spacial score (nSPS) is 22.3. The summed E-state index contributed by atoms with van der Waals surface area (Å²) in [4.78, 5) is 25.8. The molecule has 0 saturated carbocycles. The zero-order valence-electron chi connectivity index (χ0n) is 11.4. The van der Waals surface area contributed by atoms with Crippen molar-refractivity contribution in [1.29, 1.82) is 0 Å². The van der Waals surface area contributed by atoms with Crippen LogP contribution >= 0.6 is 27.3 Å². The molecule has 0 spiro atoms. The highest BCUT2D eigenvalue weighted by Crippen LogP contribution is 2.35. The largest absolute Gasteiger partial charge is 0.411 e. The molecule has 1 saturated heterocycles. The molecule has 5 nitrogen and oxygen atoms in total. The first kappa shape index (κ1) is 17.2. The molecule has 1 N–H and O–H groups in total. The molecule has 1 aliphatic heterocycles. The van der Waals surface area contributed by atoms with Gasteiger partial charge < -0.3 is 10.1 Å². The van der Waals surface area contributed by atoms with Crippen LogP contribution in [0.1, 0.15) is 11.8 Å². The quantitative estimate of drug-likeness (QED) is 0.610. The molecule has 122 valence electrons. The van der Waals surface area contributed by atoms with Gasteiger partial charge in [-0.1, -0.05) is 0 Å². The van der Waals surface area contributed by atoms with Crippen LogP contribution in [0.4, 0.5) is 18.0 Å². The van der Waals surface area contributed by atoms with Crippen LogP contribution < -0.4 is 5.32 Å².